The maximum absolute atomic E-state index is 14.7. The first kappa shape index (κ1) is 34.0. The minimum Gasteiger partial charge on any atom is -0.462 e. The lowest BCUT2D eigenvalue weighted by molar-refractivity contribution is -0.157. The summed E-state index contributed by atoms with van der Waals surface area (Å²) in [6.07, 6.45) is 1.90. The summed E-state index contributed by atoms with van der Waals surface area (Å²) in [4.78, 5) is 56.4. The Kier molecular flexibility index (Phi) is 9.21. The third kappa shape index (κ3) is 6.48. The number of nitrogens with one attached hydrogen (secondary N) is 2. The van der Waals surface area contributed by atoms with Gasteiger partial charge in [-0.15, -0.1) is 4.40 Å². The molecule has 0 saturated carbocycles. The van der Waals surface area contributed by atoms with E-state index in [1.165, 1.54) is 36.3 Å². The number of Topliss-reactive ketones (excluding diaryl/α,β-unsaturated/α-hetero) is 2. The van der Waals surface area contributed by atoms with Gasteiger partial charge in [0.05, 0.1) is 25.1 Å². The molecule has 1 aliphatic carbocycles. The highest BCUT2D eigenvalue weighted by Crippen LogP contribution is 2.44. The van der Waals surface area contributed by atoms with Crippen molar-refractivity contribution < 1.29 is 45.5 Å². The van der Waals surface area contributed by atoms with Crippen molar-refractivity contribution in [3.63, 3.8) is 0 Å². The predicted octanol–water partition coefficient (Wildman–Crippen LogP) is 3.10. The van der Waals surface area contributed by atoms with Crippen LogP contribution in [0.25, 0.3) is 0 Å². The van der Waals surface area contributed by atoms with E-state index in [2.05, 4.69) is 14.4 Å². The lowest BCUT2D eigenvalue weighted by Crippen LogP contribution is -2.57. The molecule has 0 bridgehead atoms. The van der Waals surface area contributed by atoms with Crippen molar-refractivity contribution in [3.8, 4) is 0 Å². The van der Waals surface area contributed by atoms with Crippen LogP contribution in [-0.4, -0.2) is 83.8 Å². The maximum Gasteiger partial charge on any atom is 0.409 e. The van der Waals surface area contributed by atoms with Crippen molar-refractivity contribution >= 4 is 60.9 Å². The zero-order chi connectivity index (χ0) is 34.3. The number of carbonyl (C=O) groups excluding carboxylic acids is 4. The molecule has 2 aromatic rings. The third-order valence-electron chi connectivity index (χ3n) is 8.55. The van der Waals surface area contributed by atoms with E-state index < -0.39 is 66.9 Å². The zero-order valence-electron chi connectivity index (χ0n) is 26.3. The Balaban J connectivity index is 1.57. The first-order valence-corrected chi connectivity index (χ1v) is 18.4. The fourth-order valence-electron chi connectivity index (χ4n) is 6.29. The van der Waals surface area contributed by atoms with Crippen LogP contribution in [-0.2, 0) is 44.5 Å². The Hall–Kier alpha value is -4.31. The molecule has 3 aliphatic rings. The Morgan fingerprint density at radius 1 is 1.17 bits per heavy atom. The monoisotopic (exact) mass is 688 g/mol. The SMILES string of the molecule is COC(=O)N1CCC[C@@H]1COC(=O)[C@]1(CCC(C)C)C(=O)C(C2=NS(=O)(=O)c3cc(NS(C)(=O)=O)ccc3N2)C(=O)c2ccccc21. The summed E-state index contributed by atoms with van der Waals surface area (Å²) in [5.74, 6) is -4.80. The Morgan fingerprint density at radius 2 is 1.89 bits per heavy atom. The van der Waals surface area contributed by atoms with Gasteiger partial charge in [0.1, 0.15) is 23.3 Å². The van der Waals surface area contributed by atoms with Crippen LogP contribution in [0.2, 0.25) is 0 Å². The summed E-state index contributed by atoms with van der Waals surface area (Å²) in [7, 11) is -7.01. The van der Waals surface area contributed by atoms with Crippen LogP contribution in [0.4, 0.5) is 16.2 Å². The van der Waals surface area contributed by atoms with Crippen molar-refractivity contribution in [2.45, 2.75) is 55.9 Å². The fraction of sp³-hybridized carbons (Fsp3) is 0.452. The van der Waals surface area contributed by atoms with Crippen molar-refractivity contribution in [2.75, 3.05) is 36.6 Å². The normalized spacial score (nSPS) is 23.3. The van der Waals surface area contributed by atoms with Crippen molar-refractivity contribution in [1.29, 1.82) is 0 Å². The molecule has 2 N–H and O–H groups in total. The van der Waals surface area contributed by atoms with Crippen LogP contribution in [0.3, 0.4) is 0 Å². The first-order chi connectivity index (χ1) is 22.1. The van der Waals surface area contributed by atoms with E-state index in [1.54, 1.807) is 12.1 Å². The average molecular weight is 689 g/mol. The van der Waals surface area contributed by atoms with E-state index in [0.29, 0.717) is 25.8 Å². The number of ether oxygens (including phenoxy) is 2. The van der Waals surface area contributed by atoms with Gasteiger partial charge in [-0.3, -0.25) is 19.1 Å². The second-order valence-corrected chi connectivity index (χ2v) is 15.6. The van der Waals surface area contributed by atoms with E-state index in [-0.39, 0.29) is 46.3 Å². The molecule has 1 amide bonds. The molecule has 16 heteroatoms. The van der Waals surface area contributed by atoms with Gasteiger partial charge in [0, 0.05) is 17.8 Å². The average Bonchev–Trinajstić information content (AvgIpc) is 3.48. The van der Waals surface area contributed by atoms with Gasteiger partial charge in [-0.05, 0) is 55.4 Å². The maximum atomic E-state index is 14.7. The number of amidine groups is 1. The van der Waals surface area contributed by atoms with E-state index >= 15 is 0 Å². The van der Waals surface area contributed by atoms with E-state index in [9.17, 15) is 36.0 Å². The number of fused-ring (bicyclic) bond motifs is 2. The highest BCUT2D eigenvalue weighted by Gasteiger charge is 2.59. The molecule has 1 fully saturated rings. The summed E-state index contributed by atoms with van der Waals surface area (Å²) < 4.78 is 66.9. The molecule has 3 atom stereocenters. The number of esters is 1. The molecule has 1 saturated heterocycles. The van der Waals surface area contributed by atoms with Gasteiger partial charge in [0.25, 0.3) is 10.0 Å². The van der Waals surface area contributed by atoms with Gasteiger partial charge >= 0.3 is 12.1 Å². The number of ketones is 2. The largest absolute Gasteiger partial charge is 0.462 e. The minimum atomic E-state index is -4.54. The molecular weight excluding hydrogens is 652 g/mol. The van der Waals surface area contributed by atoms with Gasteiger partial charge in [0.2, 0.25) is 10.0 Å². The summed E-state index contributed by atoms with van der Waals surface area (Å²) >= 11 is 0. The first-order valence-electron chi connectivity index (χ1n) is 15.0. The number of sulfonamides is 2. The number of hydrogen-bond acceptors (Lipinski definition) is 11. The molecule has 47 heavy (non-hydrogen) atoms. The molecule has 14 nitrogen and oxygen atoms in total. The van der Waals surface area contributed by atoms with Crippen molar-refractivity contribution in [1.82, 2.24) is 4.90 Å². The highest BCUT2D eigenvalue weighted by molar-refractivity contribution is 7.92. The number of carbonyl (C=O) groups is 4. The highest BCUT2D eigenvalue weighted by atomic mass is 32.2. The van der Waals surface area contributed by atoms with Crippen LogP contribution in [0.15, 0.2) is 51.8 Å². The molecule has 1 unspecified atom stereocenters. The molecule has 0 spiro atoms. The molecule has 2 aliphatic heterocycles. The standard InChI is InChI=1S/C31H36N4O10S2/c1-18(2)13-14-31(29(38)45-17-20-8-7-15-35(20)30(39)44-3)22-10-6-5-9-21(22)26(36)25(27(31)37)28-32-23-12-11-19(33-46(4,40)41)16-24(23)47(42,43)34-28/h5-6,9-12,16,18,20,25,33H,7-8,13-15,17H2,1-4H3,(H,32,34)/t20-,25?,31+/m1/s1. The van der Waals surface area contributed by atoms with E-state index in [1.807, 2.05) is 13.8 Å². The van der Waals surface area contributed by atoms with Crippen LogP contribution in [0.1, 0.15) is 55.5 Å². The topological polar surface area (TPSA) is 195 Å². The Labute approximate surface area is 273 Å². The molecule has 2 aromatic carbocycles. The van der Waals surface area contributed by atoms with E-state index in [4.69, 9.17) is 9.47 Å². The van der Waals surface area contributed by atoms with E-state index in [0.717, 1.165) is 12.3 Å². The fourth-order valence-corrected chi connectivity index (χ4v) is 8.03. The van der Waals surface area contributed by atoms with Gasteiger partial charge in [0.15, 0.2) is 17.0 Å². The second-order valence-electron chi connectivity index (χ2n) is 12.3. The second kappa shape index (κ2) is 12.7. The number of benzene rings is 2. The number of hydrogen-bond donors (Lipinski definition) is 2. The van der Waals surface area contributed by atoms with Gasteiger partial charge in [-0.2, -0.15) is 8.42 Å². The van der Waals surface area contributed by atoms with Crippen molar-refractivity contribution in [3.05, 3.63) is 53.6 Å². The summed E-state index contributed by atoms with van der Waals surface area (Å²) in [6, 6.07) is 9.37. The van der Waals surface area contributed by atoms with Crippen molar-refractivity contribution in [2.24, 2.45) is 16.2 Å². The number of likely N-dealkylation sites (tertiary alicyclic amines) is 1. The number of rotatable bonds is 9. The smallest absolute Gasteiger partial charge is 0.409 e. The number of nitrogens with zero attached hydrogens (tertiary/aromatic N) is 2. The van der Waals surface area contributed by atoms with Crippen LogP contribution >= 0.6 is 0 Å². The van der Waals surface area contributed by atoms with Gasteiger partial charge in [-0.1, -0.05) is 38.1 Å². The number of methoxy groups -OCH3 is 1. The Bertz CT molecular complexity index is 1890. The Morgan fingerprint density at radius 3 is 2.57 bits per heavy atom. The van der Waals surface area contributed by atoms with Crippen LogP contribution < -0.4 is 10.0 Å². The van der Waals surface area contributed by atoms with Gasteiger partial charge < -0.3 is 19.7 Å². The molecule has 2 heterocycles. The van der Waals surface area contributed by atoms with Gasteiger partial charge in [-0.25, -0.2) is 13.2 Å². The molecule has 252 valence electrons. The minimum absolute atomic E-state index is 0.0301. The molecular formula is C31H36N4O10S2. The summed E-state index contributed by atoms with van der Waals surface area (Å²) in [5.41, 5.74) is -1.85. The lowest BCUT2D eigenvalue weighted by Gasteiger charge is -2.39. The van der Waals surface area contributed by atoms with Crippen LogP contribution in [0.5, 0.6) is 0 Å². The lowest BCUT2D eigenvalue weighted by atomic mass is 9.61. The quantitative estimate of drug-likeness (QED) is 0.290. The number of anilines is 2. The third-order valence-corrected chi connectivity index (χ3v) is 10.5. The molecule has 5 rings (SSSR count). The van der Waals surface area contributed by atoms with Crippen LogP contribution in [0, 0.1) is 11.8 Å². The molecule has 0 radical (unpaired) electrons. The number of amides is 1. The zero-order valence-corrected chi connectivity index (χ0v) is 27.9. The molecule has 0 aromatic heterocycles. The summed E-state index contributed by atoms with van der Waals surface area (Å²) in [5, 5.41) is 2.79. The predicted molar refractivity (Wildman–Crippen MR) is 171 cm³/mol. The summed E-state index contributed by atoms with van der Waals surface area (Å²) in [6.45, 7) is 4.03.